The van der Waals surface area contributed by atoms with Crippen molar-refractivity contribution in [3.63, 3.8) is 0 Å². The van der Waals surface area contributed by atoms with Gasteiger partial charge >= 0.3 is 0 Å². The van der Waals surface area contributed by atoms with Crippen molar-refractivity contribution >= 4 is 12.0 Å². The number of nitrogens with zero attached hydrogens (tertiary/aromatic N) is 2. The van der Waals surface area contributed by atoms with E-state index in [1.54, 1.807) is 0 Å². The minimum absolute atomic E-state index is 0.314. The van der Waals surface area contributed by atoms with Crippen LogP contribution in [0, 0.1) is 0 Å². The number of fused-ring (bicyclic) bond motifs is 1. The van der Waals surface area contributed by atoms with Crippen molar-refractivity contribution in [3.8, 4) is 5.75 Å². The Bertz CT molecular complexity index is 563. The number of nitrogens with two attached hydrogens (primary N) is 1. The Morgan fingerprint density at radius 3 is 2.76 bits per heavy atom. The van der Waals surface area contributed by atoms with Crippen LogP contribution in [0.15, 0.2) is 24.3 Å². The Kier molecular flexibility index (Phi) is 3.94. The van der Waals surface area contributed by atoms with Crippen LogP contribution in [0.2, 0.25) is 0 Å². The summed E-state index contributed by atoms with van der Waals surface area (Å²) in [4.78, 5) is 16.5. The van der Waals surface area contributed by atoms with E-state index in [9.17, 15) is 4.79 Å². The molecule has 0 saturated carbocycles. The average Bonchev–Trinajstić information content (AvgIpc) is 2.49. The summed E-state index contributed by atoms with van der Waals surface area (Å²) < 4.78 is 5.77. The molecule has 5 heteroatoms. The molecule has 2 heterocycles. The average molecular weight is 287 g/mol. The maximum atomic E-state index is 12.1. The van der Waals surface area contributed by atoms with Crippen molar-refractivity contribution in [1.82, 2.24) is 9.80 Å². The van der Waals surface area contributed by atoms with E-state index >= 15 is 0 Å². The molecule has 1 fully saturated rings. The summed E-state index contributed by atoms with van der Waals surface area (Å²) in [6, 6.07) is 5.49. The second kappa shape index (κ2) is 5.87. The molecular formula is C16H21N3O2. The molecule has 112 valence electrons. The first kappa shape index (κ1) is 14.1. The topological polar surface area (TPSA) is 58.8 Å². The summed E-state index contributed by atoms with van der Waals surface area (Å²) in [5.41, 5.74) is 7.60. The van der Waals surface area contributed by atoms with Crippen molar-refractivity contribution in [2.75, 3.05) is 39.8 Å². The minimum atomic E-state index is -0.417. The van der Waals surface area contributed by atoms with Crippen LogP contribution >= 0.6 is 0 Å². The first-order chi connectivity index (χ1) is 10.2. The van der Waals surface area contributed by atoms with E-state index < -0.39 is 6.04 Å². The van der Waals surface area contributed by atoms with Gasteiger partial charge in [-0.2, -0.15) is 0 Å². The van der Waals surface area contributed by atoms with Gasteiger partial charge in [-0.3, -0.25) is 9.69 Å². The third kappa shape index (κ3) is 2.80. The van der Waals surface area contributed by atoms with Crippen LogP contribution in [-0.4, -0.2) is 55.5 Å². The number of benzene rings is 1. The number of hydrogen-bond acceptors (Lipinski definition) is 4. The summed E-state index contributed by atoms with van der Waals surface area (Å²) in [5, 5.41) is 0. The van der Waals surface area contributed by atoms with E-state index in [4.69, 9.17) is 10.5 Å². The van der Waals surface area contributed by atoms with Crippen LogP contribution in [0.3, 0.4) is 0 Å². The molecule has 1 amide bonds. The zero-order valence-electron chi connectivity index (χ0n) is 12.3. The number of primary amides is 1. The molecule has 0 bridgehead atoms. The summed E-state index contributed by atoms with van der Waals surface area (Å²) >= 11 is 0. The van der Waals surface area contributed by atoms with E-state index in [0.717, 1.165) is 43.1 Å². The smallest absolute Gasteiger partial charge is 0.239 e. The zero-order chi connectivity index (χ0) is 14.8. The largest absolute Gasteiger partial charge is 0.489 e. The molecule has 2 aliphatic rings. The van der Waals surface area contributed by atoms with Gasteiger partial charge in [0.15, 0.2) is 0 Å². The fourth-order valence-electron chi connectivity index (χ4n) is 3.00. The second-order valence-corrected chi connectivity index (χ2v) is 5.62. The maximum Gasteiger partial charge on any atom is 0.239 e. The van der Waals surface area contributed by atoms with Gasteiger partial charge in [0.1, 0.15) is 18.4 Å². The summed E-state index contributed by atoms with van der Waals surface area (Å²) in [7, 11) is 2.09. The normalized spacial score (nSPS) is 20.6. The van der Waals surface area contributed by atoms with Crippen molar-refractivity contribution < 1.29 is 9.53 Å². The number of hydrogen-bond donors (Lipinski definition) is 1. The molecule has 1 aromatic carbocycles. The first-order valence-corrected chi connectivity index (χ1v) is 7.31. The number of para-hydroxylation sites is 1. The molecule has 1 aromatic rings. The number of piperazine rings is 1. The lowest BCUT2D eigenvalue weighted by Crippen LogP contribution is -2.49. The van der Waals surface area contributed by atoms with Crippen LogP contribution in [0.1, 0.15) is 17.2 Å². The van der Waals surface area contributed by atoms with Gasteiger partial charge in [-0.25, -0.2) is 0 Å². The predicted octanol–water partition coefficient (Wildman–Crippen LogP) is 0.866. The SMILES string of the molecule is CN1CCN(C(C(N)=O)c2cccc3c2OCC=C3)CC1. The summed E-state index contributed by atoms with van der Waals surface area (Å²) in [6.07, 6.45) is 4.01. The Morgan fingerprint density at radius 2 is 2.05 bits per heavy atom. The standard InChI is InChI=1S/C16H21N3O2/c1-18-7-9-19(10-8-18)14(16(17)20)13-6-2-4-12-5-3-11-21-15(12)13/h2-6,14H,7-11H2,1H3,(H2,17,20). The van der Waals surface area contributed by atoms with Crippen LogP contribution in [-0.2, 0) is 4.79 Å². The summed E-state index contributed by atoms with van der Waals surface area (Å²) in [6.45, 7) is 4.10. The van der Waals surface area contributed by atoms with Gasteiger partial charge in [0.05, 0.1) is 0 Å². The van der Waals surface area contributed by atoms with Crippen molar-refractivity contribution in [3.05, 3.63) is 35.4 Å². The number of likely N-dealkylation sites (N-methyl/N-ethyl adjacent to an activating group) is 1. The Labute approximate surface area is 125 Å². The molecule has 1 unspecified atom stereocenters. The number of rotatable bonds is 3. The summed E-state index contributed by atoms with van der Waals surface area (Å²) in [5.74, 6) is 0.480. The molecule has 0 aliphatic carbocycles. The lowest BCUT2D eigenvalue weighted by atomic mass is 9.98. The molecule has 0 spiro atoms. The molecule has 3 rings (SSSR count). The highest BCUT2D eigenvalue weighted by molar-refractivity contribution is 5.83. The second-order valence-electron chi connectivity index (χ2n) is 5.62. The molecule has 5 nitrogen and oxygen atoms in total. The van der Waals surface area contributed by atoms with Crippen LogP contribution in [0.4, 0.5) is 0 Å². The molecule has 2 N–H and O–H groups in total. The monoisotopic (exact) mass is 287 g/mol. The number of amides is 1. The third-order valence-corrected chi connectivity index (χ3v) is 4.16. The zero-order valence-corrected chi connectivity index (χ0v) is 12.3. The van der Waals surface area contributed by atoms with Crippen LogP contribution in [0.5, 0.6) is 5.75 Å². The molecule has 1 atom stereocenters. The number of ether oxygens (including phenoxy) is 1. The van der Waals surface area contributed by atoms with E-state index in [-0.39, 0.29) is 5.91 Å². The lowest BCUT2D eigenvalue weighted by molar-refractivity contribution is -0.124. The van der Waals surface area contributed by atoms with Gasteiger partial charge < -0.3 is 15.4 Å². The highest BCUT2D eigenvalue weighted by atomic mass is 16.5. The fourth-order valence-corrected chi connectivity index (χ4v) is 3.00. The first-order valence-electron chi connectivity index (χ1n) is 7.31. The van der Waals surface area contributed by atoms with E-state index in [1.807, 2.05) is 30.4 Å². The fraction of sp³-hybridized carbons (Fsp3) is 0.438. The van der Waals surface area contributed by atoms with Gasteiger partial charge in [0.2, 0.25) is 5.91 Å². The molecular weight excluding hydrogens is 266 g/mol. The van der Waals surface area contributed by atoms with Gasteiger partial charge in [0, 0.05) is 37.3 Å². The van der Waals surface area contributed by atoms with Crippen LogP contribution in [0.25, 0.3) is 6.08 Å². The Balaban J connectivity index is 1.95. The lowest BCUT2D eigenvalue weighted by Gasteiger charge is -2.37. The Hall–Kier alpha value is -1.85. The van der Waals surface area contributed by atoms with Crippen molar-refractivity contribution in [2.24, 2.45) is 5.73 Å². The predicted molar refractivity (Wildman–Crippen MR) is 82.0 cm³/mol. The van der Waals surface area contributed by atoms with Gasteiger partial charge in [-0.15, -0.1) is 0 Å². The number of carbonyl (C=O) groups excluding carboxylic acids is 1. The minimum Gasteiger partial charge on any atom is -0.489 e. The number of carbonyl (C=O) groups is 1. The molecule has 21 heavy (non-hydrogen) atoms. The van der Waals surface area contributed by atoms with E-state index in [2.05, 4.69) is 16.8 Å². The van der Waals surface area contributed by atoms with Gasteiger partial charge in [-0.05, 0) is 13.1 Å². The Morgan fingerprint density at radius 1 is 1.29 bits per heavy atom. The molecule has 2 aliphatic heterocycles. The highest BCUT2D eigenvalue weighted by Gasteiger charge is 2.31. The quantitative estimate of drug-likeness (QED) is 0.896. The molecule has 0 radical (unpaired) electrons. The molecule has 0 aromatic heterocycles. The highest BCUT2D eigenvalue weighted by Crippen LogP contribution is 2.35. The van der Waals surface area contributed by atoms with Crippen molar-refractivity contribution in [1.29, 1.82) is 0 Å². The van der Waals surface area contributed by atoms with Crippen LogP contribution < -0.4 is 10.5 Å². The van der Waals surface area contributed by atoms with E-state index in [0.29, 0.717) is 6.61 Å². The van der Waals surface area contributed by atoms with Gasteiger partial charge in [-0.1, -0.05) is 24.3 Å². The van der Waals surface area contributed by atoms with Crippen molar-refractivity contribution in [2.45, 2.75) is 6.04 Å². The maximum absolute atomic E-state index is 12.1. The van der Waals surface area contributed by atoms with Gasteiger partial charge in [0.25, 0.3) is 0 Å². The molecule has 1 saturated heterocycles. The van der Waals surface area contributed by atoms with E-state index in [1.165, 1.54) is 0 Å². The third-order valence-electron chi connectivity index (χ3n) is 4.16.